The van der Waals surface area contributed by atoms with Gasteiger partial charge in [0.25, 0.3) is 11.5 Å². The molecule has 3 aromatic heterocycles. The van der Waals surface area contributed by atoms with Crippen molar-refractivity contribution in [3.05, 3.63) is 63.9 Å². The molecular weight excluding hydrogens is 581 g/mol. The number of halogens is 1. The minimum atomic E-state index is -1.23. The van der Waals surface area contributed by atoms with Crippen molar-refractivity contribution in [2.75, 3.05) is 33.5 Å². The molecule has 0 aliphatic rings. The molecule has 13 heteroatoms. The van der Waals surface area contributed by atoms with E-state index < -0.39 is 29.5 Å². The molecule has 3 amide bonds. The van der Waals surface area contributed by atoms with Gasteiger partial charge in [0, 0.05) is 33.9 Å². The summed E-state index contributed by atoms with van der Waals surface area (Å²) < 4.78 is 21.6. The Morgan fingerprint density at radius 2 is 1.76 bits per heavy atom. The summed E-state index contributed by atoms with van der Waals surface area (Å²) in [5.74, 6) is -0.593. The molecule has 0 fully saturated rings. The third-order valence-electron chi connectivity index (χ3n) is 6.85. The maximum absolute atomic E-state index is 14.7. The molecule has 0 saturated heterocycles. The topological polar surface area (TPSA) is 143 Å². The highest BCUT2D eigenvalue weighted by atomic mass is 19.1. The van der Waals surface area contributed by atoms with E-state index in [0.29, 0.717) is 35.6 Å². The van der Waals surface area contributed by atoms with Crippen LogP contribution in [0.15, 0.2) is 35.3 Å². The van der Waals surface area contributed by atoms with Crippen LogP contribution >= 0.6 is 0 Å². The number of likely N-dealkylation sites (N-methyl/N-ethyl adjacent to an activating group) is 1. The maximum atomic E-state index is 14.7. The van der Waals surface area contributed by atoms with Crippen LogP contribution in [0.5, 0.6) is 0 Å². The van der Waals surface area contributed by atoms with E-state index in [0.717, 1.165) is 6.20 Å². The smallest absolute Gasteiger partial charge is 0.410 e. The molecule has 2 N–H and O–H groups in total. The molecule has 0 saturated carbocycles. The van der Waals surface area contributed by atoms with Crippen LogP contribution in [0, 0.1) is 17.7 Å². The summed E-state index contributed by atoms with van der Waals surface area (Å²) in [6, 6.07) is 3.28. The van der Waals surface area contributed by atoms with E-state index in [1.165, 1.54) is 40.6 Å². The number of nitrogens with zero attached hydrogens (tertiary/aromatic N) is 5. The first-order chi connectivity index (χ1) is 21.2. The first-order valence-corrected chi connectivity index (χ1v) is 15.0. The summed E-state index contributed by atoms with van der Waals surface area (Å²) in [6.07, 6.45) is 3.72. The van der Waals surface area contributed by atoms with Crippen molar-refractivity contribution in [1.82, 2.24) is 29.3 Å². The van der Waals surface area contributed by atoms with E-state index in [4.69, 9.17) is 4.74 Å². The van der Waals surface area contributed by atoms with Gasteiger partial charge in [0.1, 0.15) is 17.0 Å². The van der Waals surface area contributed by atoms with Crippen LogP contribution in [-0.4, -0.2) is 81.5 Å². The fraction of sp³-hybridized carbons (Fsp3) is 0.500. The number of carbonyl (C=O) groups is 3. The number of nitrogens with one attached hydrogen (secondary N) is 2. The van der Waals surface area contributed by atoms with Crippen molar-refractivity contribution < 1.29 is 23.5 Å². The average Bonchev–Trinajstić information content (AvgIpc) is 3.39. The quantitative estimate of drug-likeness (QED) is 0.272. The third kappa shape index (κ3) is 9.47. The second-order valence-electron chi connectivity index (χ2n) is 12.3. The zero-order valence-corrected chi connectivity index (χ0v) is 27.3. The fourth-order valence-electron chi connectivity index (χ4n) is 4.58. The van der Waals surface area contributed by atoms with Gasteiger partial charge in [-0.3, -0.25) is 19.4 Å². The summed E-state index contributed by atoms with van der Waals surface area (Å²) in [4.78, 5) is 65.8. The monoisotopic (exact) mass is 625 g/mol. The number of anilines is 1. The third-order valence-corrected chi connectivity index (χ3v) is 6.85. The minimum absolute atomic E-state index is 0.00355. The maximum Gasteiger partial charge on any atom is 0.410 e. The molecule has 0 aromatic carbocycles. The first-order valence-electron chi connectivity index (χ1n) is 15.0. The number of pyridine rings is 2. The van der Waals surface area contributed by atoms with Gasteiger partial charge in [-0.25, -0.2) is 14.2 Å². The van der Waals surface area contributed by atoms with Gasteiger partial charge < -0.3 is 29.4 Å². The van der Waals surface area contributed by atoms with Crippen molar-refractivity contribution in [2.45, 2.75) is 66.0 Å². The molecule has 1 atom stereocenters. The Kier molecular flexibility index (Phi) is 12.0. The molecule has 45 heavy (non-hydrogen) atoms. The van der Waals surface area contributed by atoms with Crippen LogP contribution in [0.1, 0.15) is 57.7 Å². The molecular formula is C32H44FN7O5. The van der Waals surface area contributed by atoms with Gasteiger partial charge in [0.05, 0.1) is 24.0 Å². The van der Waals surface area contributed by atoms with Gasteiger partial charge in [-0.1, -0.05) is 33.8 Å². The van der Waals surface area contributed by atoms with Crippen molar-refractivity contribution in [1.29, 1.82) is 0 Å². The highest BCUT2D eigenvalue weighted by Gasteiger charge is 2.25. The number of fused-ring (bicyclic) bond motifs is 1. The number of rotatable bonds is 13. The summed E-state index contributed by atoms with van der Waals surface area (Å²) in [5, 5.41) is 2.63. The van der Waals surface area contributed by atoms with E-state index in [1.807, 2.05) is 27.7 Å². The number of hydrogen-bond acceptors (Lipinski definition) is 7. The van der Waals surface area contributed by atoms with Crippen LogP contribution in [-0.2, 0) is 33.7 Å². The van der Waals surface area contributed by atoms with Gasteiger partial charge in [-0.15, -0.1) is 0 Å². The Bertz CT molecular complexity index is 1610. The van der Waals surface area contributed by atoms with Crippen LogP contribution < -0.4 is 10.9 Å². The number of carbonyl (C=O) groups excluding carboxylic acids is 3. The second kappa shape index (κ2) is 15.4. The highest BCUT2D eigenvalue weighted by molar-refractivity contribution is 5.95. The van der Waals surface area contributed by atoms with Gasteiger partial charge in [0.15, 0.2) is 11.9 Å². The fourth-order valence-corrected chi connectivity index (χ4v) is 4.58. The van der Waals surface area contributed by atoms with Crippen LogP contribution in [0.4, 0.5) is 14.9 Å². The number of amides is 3. The van der Waals surface area contributed by atoms with Crippen molar-refractivity contribution in [3.8, 4) is 0 Å². The number of imidazole rings is 1. The van der Waals surface area contributed by atoms with E-state index in [-0.39, 0.29) is 48.3 Å². The standard InChI is InChI=1S/C32H44FN7O5/c1-19(2)15-21-13-14-23(35-30(42)25(45-32(44)39(7)8)11-9-10-12-27(41)38(5)6)31(43)40(21)18-26-36-28-22(33)17-34-24(16-20(3)4)29(28)37-26/h10,12-14,17,19-20,25H,9,11,15-16,18H2,1-8H3,(H,35,42)(H,36,37)/b12-10+. The molecule has 3 aromatic rings. The van der Waals surface area contributed by atoms with Crippen LogP contribution in [0.2, 0.25) is 0 Å². The predicted molar refractivity (Wildman–Crippen MR) is 170 cm³/mol. The molecule has 0 spiro atoms. The number of hydrogen-bond donors (Lipinski definition) is 2. The van der Waals surface area contributed by atoms with Gasteiger partial charge in [0.2, 0.25) is 5.91 Å². The van der Waals surface area contributed by atoms with E-state index in [2.05, 4.69) is 20.3 Å². The molecule has 1 unspecified atom stereocenters. The predicted octanol–water partition coefficient (Wildman–Crippen LogP) is 4.13. The zero-order valence-electron chi connectivity index (χ0n) is 27.3. The Morgan fingerprint density at radius 3 is 2.38 bits per heavy atom. The Labute approximate surface area is 262 Å². The van der Waals surface area contributed by atoms with Gasteiger partial charge in [-0.05, 0) is 55.7 Å². The number of aromatic nitrogens is 4. The largest absolute Gasteiger partial charge is 0.436 e. The lowest BCUT2D eigenvalue weighted by atomic mass is 10.1. The molecule has 3 heterocycles. The first kappa shape index (κ1) is 34.9. The van der Waals surface area contributed by atoms with E-state index >= 15 is 0 Å². The molecule has 0 bridgehead atoms. The molecule has 0 radical (unpaired) electrons. The SMILES string of the molecule is CC(C)Cc1ncc(F)c2nc(Cn3c(CC(C)C)ccc(NC(=O)C(CC/C=C/C(=O)N(C)C)OC(=O)N(C)C)c3=O)[nH]c12. The summed E-state index contributed by atoms with van der Waals surface area (Å²) >= 11 is 0. The van der Waals surface area contributed by atoms with E-state index in [1.54, 1.807) is 26.2 Å². The number of ether oxygens (including phenoxy) is 1. The van der Waals surface area contributed by atoms with Crippen LogP contribution in [0.25, 0.3) is 11.0 Å². The summed E-state index contributed by atoms with van der Waals surface area (Å²) in [6.45, 7) is 8.13. The number of H-pyrrole nitrogens is 1. The molecule has 0 aliphatic carbocycles. The molecule has 244 valence electrons. The average molecular weight is 626 g/mol. The second-order valence-corrected chi connectivity index (χ2v) is 12.3. The number of aromatic amines is 1. The molecule has 12 nitrogen and oxygen atoms in total. The number of allylic oxidation sites excluding steroid dienone is 1. The minimum Gasteiger partial charge on any atom is -0.436 e. The zero-order chi connectivity index (χ0) is 33.4. The van der Waals surface area contributed by atoms with Gasteiger partial charge in [-0.2, -0.15) is 0 Å². The Hall–Kier alpha value is -4.55. The summed E-state index contributed by atoms with van der Waals surface area (Å²) in [7, 11) is 6.22. The van der Waals surface area contributed by atoms with E-state index in [9.17, 15) is 23.6 Å². The Balaban J connectivity index is 1.94. The summed E-state index contributed by atoms with van der Waals surface area (Å²) in [5.41, 5.74) is 1.55. The van der Waals surface area contributed by atoms with Gasteiger partial charge >= 0.3 is 6.09 Å². The van der Waals surface area contributed by atoms with Crippen molar-refractivity contribution in [2.24, 2.45) is 11.8 Å². The molecule has 0 aliphatic heterocycles. The van der Waals surface area contributed by atoms with Crippen molar-refractivity contribution >= 4 is 34.6 Å². The van der Waals surface area contributed by atoms with Crippen molar-refractivity contribution in [3.63, 3.8) is 0 Å². The highest BCUT2D eigenvalue weighted by Crippen LogP contribution is 2.21. The van der Waals surface area contributed by atoms with Crippen LogP contribution in [0.3, 0.4) is 0 Å². The molecule has 3 rings (SSSR count). The lowest BCUT2D eigenvalue weighted by molar-refractivity contribution is -0.125. The lowest BCUT2D eigenvalue weighted by Gasteiger charge is -2.20. The Morgan fingerprint density at radius 1 is 1.07 bits per heavy atom. The lowest BCUT2D eigenvalue weighted by Crippen LogP contribution is -2.38. The normalized spacial score (nSPS) is 12.2.